The third kappa shape index (κ3) is 4.80. The Morgan fingerprint density at radius 2 is 1.85 bits per heavy atom. The van der Waals surface area contributed by atoms with Crippen LogP contribution in [0.5, 0.6) is 0 Å². The van der Waals surface area contributed by atoms with Crippen molar-refractivity contribution < 1.29 is 4.79 Å². The molecule has 20 heavy (non-hydrogen) atoms. The minimum atomic E-state index is 0.0487. The van der Waals surface area contributed by atoms with Gasteiger partial charge in [-0.1, -0.05) is 43.6 Å². The van der Waals surface area contributed by atoms with Gasteiger partial charge in [-0.25, -0.2) is 0 Å². The molecule has 1 rings (SSSR count). The van der Waals surface area contributed by atoms with Gasteiger partial charge in [0.15, 0.2) is 0 Å². The summed E-state index contributed by atoms with van der Waals surface area (Å²) in [4.78, 5) is 14.0. The number of halogens is 1. The van der Waals surface area contributed by atoms with E-state index in [-0.39, 0.29) is 18.0 Å². The average Bonchev–Trinajstić information content (AvgIpc) is 2.38. The van der Waals surface area contributed by atoms with Crippen molar-refractivity contribution in [3.63, 3.8) is 0 Å². The Balaban J connectivity index is 2.60. The molecule has 1 N–H and O–H groups in total. The predicted molar refractivity (Wildman–Crippen MR) is 84.9 cm³/mol. The van der Waals surface area contributed by atoms with Crippen molar-refractivity contribution in [2.75, 3.05) is 13.6 Å². The molecule has 0 spiro atoms. The molecular weight excluding hydrogens is 272 g/mol. The Hall–Kier alpha value is -1.06. The highest BCUT2D eigenvalue weighted by atomic mass is 35.5. The first-order valence-corrected chi connectivity index (χ1v) is 7.44. The van der Waals surface area contributed by atoms with E-state index < -0.39 is 0 Å². The van der Waals surface area contributed by atoms with E-state index in [2.05, 4.69) is 26.1 Å². The molecule has 112 valence electrons. The predicted octanol–water partition coefficient (Wildman–Crippen LogP) is 3.49. The summed E-state index contributed by atoms with van der Waals surface area (Å²) in [7, 11) is 1.94. The van der Waals surface area contributed by atoms with Crippen LogP contribution in [0, 0.1) is 5.92 Å². The first-order valence-electron chi connectivity index (χ1n) is 7.07. The summed E-state index contributed by atoms with van der Waals surface area (Å²) >= 11 is 6.20. The van der Waals surface area contributed by atoms with Crippen LogP contribution in [0.3, 0.4) is 0 Å². The molecule has 0 saturated heterocycles. The zero-order valence-electron chi connectivity index (χ0n) is 13.0. The van der Waals surface area contributed by atoms with Gasteiger partial charge in [-0.2, -0.15) is 0 Å². The lowest BCUT2D eigenvalue weighted by atomic mass is 10.1. The van der Waals surface area contributed by atoms with E-state index in [1.54, 1.807) is 0 Å². The molecule has 3 nitrogen and oxygen atoms in total. The van der Waals surface area contributed by atoms with Crippen molar-refractivity contribution in [1.82, 2.24) is 10.2 Å². The van der Waals surface area contributed by atoms with Crippen LogP contribution in [0.2, 0.25) is 5.02 Å². The number of likely N-dealkylation sites (N-methyl/N-ethyl adjacent to an activating group) is 1. The smallest absolute Gasteiger partial charge is 0.234 e. The first kappa shape index (κ1) is 17.0. The maximum absolute atomic E-state index is 12.0. The van der Waals surface area contributed by atoms with Crippen molar-refractivity contribution in [1.29, 1.82) is 0 Å². The fourth-order valence-corrected chi connectivity index (χ4v) is 2.17. The molecule has 2 atom stereocenters. The van der Waals surface area contributed by atoms with Gasteiger partial charge in [0.2, 0.25) is 5.91 Å². The van der Waals surface area contributed by atoms with E-state index in [1.165, 1.54) is 0 Å². The molecule has 4 heteroatoms. The van der Waals surface area contributed by atoms with Crippen molar-refractivity contribution in [2.24, 2.45) is 5.92 Å². The van der Waals surface area contributed by atoms with Crippen LogP contribution >= 0.6 is 11.6 Å². The third-order valence-corrected chi connectivity index (χ3v) is 4.14. The molecule has 0 aliphatic carbocycles. The monoisotopic (exact) mass is 296 g/mol. The SMILES string of the molecule is CC(C)C(C)NC(=O)CN(C)C(C)c1ccccc1Cl. The number of benzene rings is 1. The molecule has 0 radical (unpaired) electrons. The summed E-state index contributed by atoms with van der Waals surface area (Å²) in [6, 6.07) is 8.04. The van der Waals surface area contributed by atoms with E-state index in [0.29, 0.717) is 12.5 Å². The van der Waals surface area contributed by atoms with E-state index in [4.69, 9.17) is 11.6 Å². The number of amides is 1. The second-order valence-corrected chi connectivity index (χ2v) is 6.12. The molecule has 2 unspecified atom stereocenters. The summed E-state index contributed by atoms with van der Waals surface area (Å²) in [6.07, 6.45) is 0. The largest absolute Gasteiger partial charge is 0.352 e. The fourth-order valence-electron chi connectivity index (χ4n) is 1.88. The van der Waals surface area contributed by atoms with E-state index >= 15 is 0 Å². The van der Waals surface area contributed by atoms with Crippen LogP contribution in [0.4, 0.5) is 0 Å². The van der Waals surface area contributed by atoms with Crippen molar-refractivity contribution in [2.45, 2.75) is 39.8 Å². The second-order valence-electron chi connectivity index (χ2n) is 5.71. The summed E-state index contributed by atoms with van der Waals surface area (Å²) < 4.78 is 0. The zero-order valence-corrected chi connectivity index (χ0v) is 13.7. The standard InChI is InChI=1S/C16H25ClN2O/c1-11(2)12(3)18-16(20)10-19(5)13(4)14-8-6-7-9-15(14)17/h6-9,11-13H,10H2,1-5H3,(H,18,20). The minimum Gasteiger partial charge on any atom is -0.352 e. The van der Waals surface area contributed by atoms with Gasteiger partial charge in [-0.15, -0.1) is 0 Å². The lowest BCUT2D eigenvalue weighted by Crippen LogP contribution is -2.42. The van der Waals surface area contributed by atoms with E-state index in [9.17, 15) is 4.79 Å². The second kappa shape index (κ2) is 7.65. The van der Waals surface area contributed by atoms with Gasteiger partial charge in [0.25, 0.3) is 0 Å². The van der Waals surface area contributed by atoms with Gasteiger partial charge in [-0.05, 0) is 38.4 Å². The molecular formula is C16H25ClN2O. The van der Waals surface area contributed by atoms with Gasteiger partial charge < -0.3 is 5.32 Å². The highest BCUT2D eigenvalue weighted by molar-refractivity contribution is 6.31. The maximum atomic E-state index is 12.0. The first-order chi connectivity index (χ1) is 9.32. The van der Waals surface area contributed by atoms with E-state index in [0.717, 1.165) is 10.6 Å². The van der Waals surface area contributed by atoms with Crippen LogP contribution in [0.25, 0.3) is 0 Å². The van der Waals surface area contributed by atoms with Gasteiger partial charge in [0, 0.05) is 17.1 Å². The summed E-state index contributed by atoms with van der Waals surface area (Å²) in [5.74, 6) is 0.484. The molecule has 0 aliphatic heterocycles. The molecule has 0 aromatic heterocycles. The Labute approximate surface area is 127 Å². The molecule has 0 bridgehead atoms. The lowest BCUT2D eigenvalue weighted by Gasteiger charge is -2.26. The number of carbonyl (C=O) groups excluding carboxylic acids is 1. The van der Waals surface area contributed by atoms with Crippen LogP contribution in [-0.2, 0) is 4.79 Å². The number of hydrogen-bond acceptors (Lipinski definition) is 2. The Kier molecular flexibility index (Phi) is 6.50. The summed E-state index contributed by atoms with van der Waals surface area (Å²) in [5.41, 5.74) is 1.04. The molecule has 1 aromatic rings. The van der Waals surface area contributed by atoms with E-state index in [1.807, 2.05) is 43.1 Å². The Morgan fingerprint density at radius 3 is 2.40 bits per heavy atom. The van der Waals surface area contributed by atoms with Crippen molar-refractivity contribution in [3.8, 4) is 0 Å². The van der Waals surface area contributed by atoms with Crippen molar-refractivity contribution >= 4 is 17.5 Å². The van der Waals surface area contributed by atoms with Gasteiger partial charge >= 0.3 is 0 Å². The Bertz CT molecular complexity index is 448. The topological polar surface area (TPSA) is 32.3 Å². The van der Waals surface area contributed by atoms with Gasteiger partial charge in [0.1, 0.15) is 0 Å². The molecule has 0 fully saturated rings. The quantitative estimate of drug-likeness (QED) is 0.871. The van der Waals surface area contributed by atoms with Crippen LogP contribution in [0.1, 0.15) is 39.3 Å². The van der Waals surface area contributed by atoms with Crippen LogP contribution in [-0.4, -0.2) is 30.4 Å². The minimum absolute atomic E-state index is 0.0487. The third-order valence-electron chi connectivity index (χ3n) is 3.80. The van der Waals surface area contributed by atoms with Gasteiger partial charge in [-0.3, -0.25) is 9.69 Å². The van der Waals surface area contributed by atoms with Crippen LogP contribution < -0.4 is 5.32 Å². The van der Waals surface area contributed by atoms with Crippen LogP contribution in [0.15, 0.2) is 24.3 Å². The molecule has 1 amide bonds. The number of rotatable bonds is 6. The lowest BCUT2D eigenvalue weighted by molar-refractivity contribution is -0.123. The number of nitrogens with one attached hydrogen (secondary N) is 1. The average molecular weight is 297 g/mol. The molecule has 0 heterocycles. The summed E-state index contributed by atoms with van der Waals surface area (Å²) in [5, 5.41) is 3.76. The fraction of sp³-hybridized carbons (Fsp3) is 0.562. The number of nitrogens with zero attached hydrogens (tertiary/aromatic N) is 1. The van der Waals surface area contributed by atoms with Crippen molar-refractivity contribution in [3.05, 3.63) is 34.9 Å². The molecule has 0 saturated carbocycles. The number of carbonyl (C=O) groups is 1. The zero-order chi connectivity index (χ0) is 15.3. The highest BCUT2D eigenvalue weighted by Gasteiger charge is 2.18. The Morgan fingerprint density at radius 1 is 1.25 bits per heavy atom. The number of hydrogen-bond donors (Lipinski definition) is 1. The molecule has 0 aliphatic rings. The summed E-state index contributed by atoms with van der Waals surface area (Å²) in [6.45, 7) is 8.64. The molecule has 1 aromatic carbocycles. The maximum Gasteiger partial charge on any atom is 0.234 e. The van der Waals surface area contributed by atoms with Gasteiger partial charge in [0.05, 0.1) is 6.54 Å². The highest BCUT2D eigenvalue weighted by Crippen LogP contribution is 2.25. The normalized spacial score (nSPS) is 14.4.